The van der Waals surface area contributed by atoms with Crippen LogP contribution >= 0.6 is 0 Å². The molecule has 0 aromatic heterocycles. The van der Waals surface area contributed by atoms with Crippen LogP contribution < -0.4 is 10.6 Å². The summed E-state index contributed by atoms with van der Waals surface area (Å²) in [4.78, 5) is 34.3. The average Bonchev–Trinajstić information content (AvgIpc) is 2.43. The summed E-state index contributed by atoms with van der Waals surface area (Å²) in [6, 6.07) is 1.46. The van der Waals surface area contributed by atoms with Crippen LogP contribution in [0.5, 0.6) is 0 Å². The molecule has 1 rings (SSSR count). The van der Waals surface area contributed by atoms with Crippen LogP contribution in [-0.4, -0.2) is 31.1 Å². The van der Waals surface area contributed by atoms with Crippen molar-refractivity contribution in [1.82, 2.24) is 10.6 Å². The van der Waals surface area contributed by atoms with Crippen molar-refractivity contribution in [2.45, 2.75) is 20.3 Å². The maximum absolute atomic E-state index is 13.0. The number of halogens is 2. The predicted molar refractivity (Wildman–Crippen MR) is 77.6 cm³/mol. The van der Waals surface area contributed by atoms with Crippen LogP contribution in [0.15, 0.2) is 18.2 Å². The van der Waals surface area contributed by atoms with E-state index in [-0.39, 0.29) is 5.56 Å². The third-order valence-electron chi connectivity index (χ3n) is 2.69. The van der Waals surface area contributed by atoms with Gasteiger partial charge in [0.25, 0.3) is 5.91 Å². The summed E-state index contributed by atoms with van der Waals surface area (Å²) >= 11 is 0. The minimum Gasteiger partial charge on any atom is -0.452 e. The molecule has 1 aromatic carbocycles. The number of hydrogen-bond acceptors (Lipinski definition) is 4. The topological polar surface area (TPSA) is 84.5 Å². The van der Waals surface area contributed by atoms with Gasteiger partial charge in [-0.3, -0.25) is 10.1 Å². The maximum atomic E-state index is 13.0. The number of carbonyl (C=O) groups excluding carboxylic acids is 3. The first-order valence-electron chi connectivity index (χ1n) is 6.99. The summed E-state index contributed by atoms with van der Waals surface area (Å²) in [6.07, 6.45) is 0.752. The lowest BCUT2D eigenvalue weighted by Crippen LogP contribution is -2.42. The van der Waals surface area contributed by atoms with Crippen molar-refractivity contribution in [3.05, 3.63) is 35.4 Å². The van der Waals surface area contributed by atoms with Crippen molar-refractivity contribution < 1.29 is 27.9 Å². The molecule has 0 radical (unpaired) electrons. The molecule has 6 nitrogen and oxygen atoms in total. The Labute approximate surface area is 132 Å². The molecule has 0 unspecified atom stereocenters. The van der Waals surface area contributed by atoms with Gasteiger partial charge in [0, 0.05) is 12.6 Å². The van der Waals surface area contributed by atoms with Gasteiger partial charge in [0.1, 0.15) is 11.6 Å². The van der Waals surface area contributed by atoms with E-state index in [2.05, 4.69) is 10.1 Å². The van der Waals surface area contributed by atoms with Gasteiger partial charge in [-0.2, -0.15) is 0 Å². The van der Waals surface area contributed by atoms with E-state index in [1.54, 1.807) is 0 Å². The molecule has 1 aromatic rings. The molecular formula is C15H18F2N2O4. The first kappa shape index (κ1) is 18.5. The van der Waals surface area contributed by atoms with E-state index in [0.717, 1.165) is 18.6 Å². The Bertz CT molecular complexity index is 571. The molecule has 23 heavy (non-hydrogen) atoms. The second-order valence-corrected chi connectivity index (χ2v) is 5.22. The first-order chi connectivity index (χ1) is 10.8. The molecule has 0 spiro atoms. The molecule has 0 aliphatic carbocycles. The third-order valence-corrected chi connectivity index (χ3v) is 2.69. The summed E-state index contributed by atoms with van der Waals surface area (Å²) in [6.45, 7) is 3.63. The van der Waals surface area contributed by atoms with Crippen molar-refractivity contribution in [1.29, 1.82) is 0 Å². The minimum atomic E-state index is -1.07. The van der Waals surface area contributed by atoms with Gasteiger partial charge < -0.3 is 10.1 Å². The summed E-state index contributed by atoms with van der Waals surface area (Å²) in [5.41, 5.74) is -0.364. The van der Waals surface area contributed by atoms with Crippen molar-refractivity contribution in [3.63, 3.8) is 0 Å². The van der Waals surface area contributed by atoms with Crippen molar-refractivity contribution in [2.24, 2.45) is 5.92 Å². The highest BCUT2D eigenvalue weighted by Crippen LogP contribution is 2.09. The molecule has 0 atom stereocenters. The molecule has 0 aliphatic heterocycles. The average molecular weight is 328 g/mol. The highest BCUT2D eigenvalue weighted by molar-refractivity contribution is 5.97. The minimum absolute atomic E-state index is 0.364. The SMILES string of the molecule is CC(C)CCNC(=O)NC(=O)COC(=O)c1cc(F)cc(F)c1. The smallest absolute Gasteiger partial charge is 0.338 e. The highest BCUT2D eigenvalue weighted by Gasteiger charge is 2.14. The molecule has 0 bridgehead atoms. The monoisotopic (exact) mass is 328 g/mol. The lowest BCUT2D eigenvalue weighted by atomic mass is 10.1. The second kappa shape index (κ2) is 8.82. The Morgan fingerprint density at radius 2 is 1.74 bits per heavy atom. The van der Waals surface area contributed by atoms with Gasteiger partial charge in [0.15, 0.2) is 6.61 Å². The van der Waals surface area contributed by atoms with E-state index < -0.39 is 36.1 Å². The summed E-state index contributed by atoms with van der Waals surface area (Å²) < 4.78 is 30.5. The first-order valence-corrected chi connectivity index (χ1v) is 6.99. The van der Waals surface area contributed by atoms with Gasteiger partial charge in [-0.05, 0) is 24.5 Å². The zero-order valence-corrected chi connectivity index (χ0v) is 12.8. The van der Waals surface area contributed by atoms with Gasteiger partial charge in [-0.1, -0.05) is 13.8 Å². The van der Waals surface area contributed by atoms with Crippen LogP contribution in [0.4, 0.5) is 13.6 Å². The Morgan fingerprint density at radius 1 is 1.13 bits per heavy atom. The van der Waals surface area contributed by atoms with Crippen LogP contribution in [0.3, 0.4) is 0 Å². The van der Waals surface area contributed by atoms with Crippen molar-refractivity contribution in [2.75, 3.05) is 13.2 Å². The summed E-state index contributed by atoms with van der Waals surface area (Å²) in [7, 11) is 0. The van der Waals surface area contributed by atoms with E-state index in [4.69, 9.17) is 0 Å². The third kappa shape index (κ3) is 7.35. The molecule has 0 heterocycles. The summed E-state index contributed by atoms with van der Waals surface area (Å²) in [5.74, 6) is -3.40. The molecule has 0 saturated heterocycles. The van der Waals surface area contributed by atoms with E-state index in [9.17, 15) is 23.2 Å². The number of nitrogens with one attached hydrogen (secondary N) is 2. The highest BCUT2D eigenvalue weighted by atomic mass is 19.1. The van der Waals surface area contributed by atoms with E-state index in [1.807, 2.05) is 19.2 Å². The molecule has 8 heteroatoms. The van der Waals surface area contributed by atoms with Crippen LogP contribution in [-0.2, 0) is 9.53 Å². The fourth-order valence-electron chi connectivity index (χ4n) is 1.57. The number of amides is 3. The number of imide groups is 1. The van der Waals surface area contributed by atoms with E-state index in [0.29, 0.717) is 18.5 Å². The van der Waals surface area contributed by atoms with Gasteiger partial charge in [0.05, 0.1) is 5.56 Å². The number of ether oxygens (including phenoxy) is 1. The zero-order chi connectivity index (χ0) is 17.4. The van der Waals surface area contributed by atoms with E-state index >= 15 is 0 Å². The number of benzene rings is 1. The maximum Gasteiger partial charge on any atom is 0.338 e. The van der Waals surface area contributed by atoms with Gasteiger partial charge in [0.2, 0.25) is 0 Å². The Kier molecular flexibility index (Phi) is 7.11. The number of esters is 1. The van der Waals surface area contributed by atoms with Gasteiger partial charge >= 0.3 is 12.0 Å². The zero-order valence-electron chi connectivity index (χ0n) is 12.8. The molecular weight excluding hydrogens is 310 g/mol. The molecule has 0 fully saturated rings. The molecule has 126 valence electrons. The molecule has 3 amide bonds. The quantitative estimate of drug-likeness (QED) is 0.782. The fraction of sp³-hybridized carbons (Fsp3) is 0.400. The van der Waals surface area contributed by atoms with Gasteiger partial charge in [-0.15, -0.1) is 0 Å². The van der Waals surface area contributed by atoms with Crippen LogP contribution in [0.25, 0.3) is 0 Å². The number of rotatable bonds is 6. The van der Waals surface area contributed by atoms with Crippen LogP contribution in [0, 0.1) is 17.6 Å². The van der Waals surface area contributed by atoms with Crippen molar-refractivity contribution >= 4 is 17.9 Å². The predicted octanol–water partition coefficient (Wildman–Crippen LogP) is 1.99. The summed E-state index contributed by atoms with van der Waals surface area (Å²) in [5, 5.41) is 4.44. The Hall–Kier alpha value is -2.51. The lowest BCUT2D eigenvalue weighted by molar-refractivity contribution is -0.123. The normalized spacial score (nSPS) is 10.3. The largest absolute Gasteiger partial charge is 0.452 e. The standard InChI is InChI=1S/C15H18F2N2O4/c1-9(2)3-4-18-15(22)19-13(20)8-23-14(21)10-5-11(16)7-12(17)6-10/h5-7,9H,3-4,8H2,1-2H3,(H2,18,19,20,22). The Balaban J connectivity index is 2.37. The second-order valence-electron chi connectivity index (χ2n) is 5.22. The van der Waals surface area contributed by atoms with Crippen molar-refractivity contribution in [3.8, 4) is 0 Å². The number of hydrogen-bond donors (Lipinski definition) is 2. The number of urea groups is 1. The molecule has 0 aliphatic rings. The lowest BCUT2D eigenvalue weighted by Gasteiger charge is -2.08. The van der Waals surface area contributed by atoms with Gasteiger partial charge in [-0.25, -0.2) is 18.4 Å². The van der Waals surface area contributed by atoms with Crippen LogP contribution in [0.1, 0.15) is 30.6 Å². The molecule has 2 N–H and O–H groups in total. The molecule has 0 saturated carbocycles. The fourth-order valence-corrected chi connectivity index (χ4v) is 1.57. The Morgan fingerprint density at radius 3 is 2.30 bits per heavy atom. The number of carbonyl (C=O) groups is 3. The van der Waals surface area contributed by atoms with E-state index in [1.165, 1.54) is 0 Å². The van der Waals surface area contributed by atoms with Crippen LogP contribution in [0.2, 0.25) is 0 Å².